The summed E-state index contributed by atoms with van der Waals surface area (Å²) in [5, 5.41) is 0. The van der Waals surface area contributed by atoms with Crippen LogP contribution >= 0.6 is 15.9 Å². The Morgan fingerprint density at radius 1 is 1.25 bits per heavy atom. The Labute approximate surface area is 108 Å². The molecule has 0 radical (unpaired) electrons. The maximum absolute atomic E-state index is 3.95. The maximum atomic E-state index is 3.95. The maximum Gasteiger partial charge on any atom is 0.119 e. The lowest BCUT2D eigenvalue weighted by molar-refractivity contribution is 0.459. The van der Waals surface area contributed by atoms with Gasteiger partial charge >= 0.3 is 0 Å². The number of halogens is 1. The standard InChI is InChI=1S/C13H20BrNSi/c1-12(14)10-15(16(2,3)4)11-13-8-6-5-7-9-13/h5-9H,1,10-11H2,2-4H3. The van der Waals surface area contributed by atoms with E-state index in [-0.39, 0.29) is 0 Å². The summed E-state index contributed by atoms with van der Waals surface area (Å²) in [5.74, 6) is 0. The fourth-order valence-corrected chi connectivity index (χ4v) is 3.40. The van der Waals surface area contributed by atoms with Gasteiger partial charge < -0.3 is 4.57 Å². The fraction of sp³-hybridized carbons (Fsp3) is 0.385. The molecule has 1 nitrogen and oxygen atoms in total. The highest BCUT2D eigenvalue weighted by molar-refractivity contribution is 9.11. The van der Waals surface area contributed by atoms with Gasteiger partial charge in [-0.25, -0.2) is 0 Å². The molecule has 0 amide bonds. The molecular formula is C13H20BrNSi. The quantitative estimate of drug-likeness (QED) is 0.735. The van der Waals surface area contributed by atoms with Crippen molar-refractivity contribution < 1.29 is 0 Å². The normalized spacial score (nSPS) is 11.8. The molecule has 0 atom stereocenters. The van der Waals surface area contributed by atoms with Crippen LogP contribution in [0.15, 0.2) is 41.4 Å². The smallest absolute Gasteiger partial charge is 0.119 e. The third kappa shape index (κ3) is 4.64. The second kappa shape index (κ2) is 5.80. The van der Waals surface area contributed by atoms with Crippen LogP contribution in [0.1, 0.15) is 5.56 Å². The first-order valence-corrected chi connectivity index (χ1v) is 9.76. The molecule has 0 aliphatic rings. The molecule has 0 aliphatic carbocycles. The summed E-state index contributed by atoms with van der Waals surface area (Å²) in [6.07, 6.45) is 0. The Kier molecular flexibility index (Phi) is 4.96. The zero-order valence-corrected chi connectivity index (χ0v) is 12.9. The van der Waals surface area contributed by atoms with E-state index in [1.165, 1.54) is 5.56 Å². The van der Waals surface area contributed by atoms with E-state index >= 15 is 0 Å². The van der Waals surface area contributed by atoms with Crippen LogP contribution in [0.25, 0.3) is 0 Å². The van der Waals surface area contributed by atoms with E-state index in [0.717, 1.165) is 17.6 Å². The number of hydrogen-bond donors (Lipinski definition) is 0. The molecule has 1 aromatic rings. The van der Waals surface area contributed by atoms with Crippen LogP contribution in [0.3, 0.4) is 0 Å². The van der Waals surface area contributed by atoms with E-state index < -0.39 is 8.24 Å². The lowest BCUT2D eigenvalue weighted by Crippen LogP contribution is -2.45. The molecule has 0 unspecified atom stereocenters. The van der Waals surface area contributed by atoms with Gasteiger partial charge in [-0.15, -0.1) is 0 Å². The highest BCUT2D eigenvalue weighted by Gasteiger charge is 2.23. The van der Waals surface area contributed by atoms with Crippen LogP contribution in [0.5, 0.6) is 0 Å². The highest BCUT2D eigenvalue weighted by atomic mass is 79.9. The Morgan fingerprint density at radius 3 is 2.25 bits per heavy atom. The molecule has 0 heterocycles. The molecule has 3 heteroatoms. The van der Waals surface area contributed by atoms with E-state index in [4.69, 9.17) is 0 Å². The van der Waals surface area contributed by atoms with Gasteiger partial charge in [0.25, 0.3) is 0 Å². The Hall–Kier alpha value is -0.383. The second-order valence-corrected chi connectivity index (χ2v) is 11.1. The summed E-state index contributed by atoms with van der Waals surface area (Å²) in [6.45, 7) is 13.0. The SMILES string of the molecule is C=C(Br)CN(Cc1ccccc1)[Si](C)(C)C. The molecule has 0 bridgehead atoms. The van der Waals surface area contributed by atoms with Crippen LogP contribution < -0.4 is 0 Å². The van der Waals surface area contributed by atoms with E-state index in [2.05, 4.69) is 77.0 Å². The average molecular weight is 298 g/mol. The summed E-state index contributed by atoms with van der Waals surface area (Å²) in [6, 6.07) is 10.6. The molecule has 0 spiro atoms. The lowest BCUT2D eigenvalue weighted by Gasteiger charge is -2.34. The number of nitrogens with zero attached hydrogens (tertiary/aromatic N) is 1. The number of benzene rings is 1. The van der Waals surface area contributed by atoms with Gasteiger partial charge in [0.1, 0.15) is 8.24 Å². The second-order valence-electron chi connectivity index (χ2n) is 5.03. The van der Waals surface area contributed by atoms with E-state index in [1.807, 2.05) is 0 Å². The topological polar surface area (TPSA) is 3.24 Å². The first-order chi connectivity index (χ1) is 7.39. The van der Waals surface area contributed by atoms with Crippen LogP contribution in [-0.2, 0) is 6.54 Å². The van der Waals surface area contributed by atoms with E-state index in [0.29, 0.717) is 0 Å². The molecule has 16 heavy (non-hydrogen) atoms. The molecule has 0 fully saturated rings. The highest BCUT2D eigenvalue weighted by Crippen LogP contribution is 2.17. The monoisotopic (exact) mass is 297 g/mol. The van der Waals surface area contributed by atoms with E-state index in [1.54, 1.807) is 0 Å². The van der Waals surface area contributed by atoms with Gasteiger partial charge in [-0.05, 0) is 5.56 Å². The van der Waals surface area contributed by atoms with Crippen molar-refractivity contribution in [3.05, 3.63) is 47.0 Å². The zero-order chi connectivity index (χ0) is 12.2. The van der Waals surface area contributed by atoms with Crippen LogP contribution in [0, 0.1) is 0 Å². The van der Waals surface area contributed by atoms with Crippen molar-refractivity contribution in [2.24, 2.45) is 0 Å². The van der Waals surface area contributed by atoms with Crippen molar-refractivity contribution in [2.45, 2.75) is 26.2 Å². The van der Waals surface area contributed by atoms with Crippen molar-refractivity contribution in [3.8, 4) is 0 Å². The van der Waals surface area contributed by atoms with Crippen LogP contribution in [0.4, 0.5) is 0 Å². The summed E-state index contributed by atoms with van der Waals surface area (Å²) in [7, 11) is -1.29. The number of hydrogen-bond acceptors (Lipinski definition) is 1. The molecule has 0 aliphatic heterocycles. The third-order valence-electron chi connectivity index (χ3n) is 2.53. The predicted octanol–water partition coefficient (Wildman–Crippen LogP) is 4.23. The molecule has 0 saturated heterocycles. The lowest BCUT2D eigenvalue weighted by atomic mass is 10.2. The molecule has 0 N–H and O–H groups in total. The van der Waals surface area contributed by atoms with Gasteiger partial charge in [0.05, 0.1) is 0 Å². The summed E-state index contributed by atoms with van der Waals surface area (Å²) >= 11 is 3.47. The van der Waals surface area contributed by atoms with E-state index in [9.17, 15) is 0 Å². The number of rotatable bonds is 5. The van der Waals surface area contributed by atoms with Crippen molar-refractivity contribution >= 4 is 24.2 Å². The Balaban J connectivity index is 2.75. The largest absolute Gasteiger partial charge is 0.315 e. The van der Waals surface area contributed by atoms with Crippen molar-refractivity contribution in [1.29, 1.82) is 0 Å². The van der Waals surface area contributed by atoms with Gasteiger partial charge in [0, 0.05) is 17.6 Å². The third-order valence-corrected chi connectivity index (χ3v) is 4.99. The Bertz CT molecular complexity index is 343. The fourth-order valence-electron chi connectivity index (χ4n) is 1.54. The van der Waals surface area contributed by atoms with Crippen LogP contribution in [0.2, 0.25) is 19.6 Å². The summed E-state index contributed by atoms with van der Waals surface area (Å²) < 4.78 is 3.60. The minimum Gasteiger partial charge on any atom is -0.315 e. The molecule has 0 aromatic heterocycles. The van der Waals surface area contributed by atoms with Crippen molar-refractivity contribution in [2.75, 3.05) is 6.54 Å². The van der Waals surface area contributed by atoms with Gasteiger partial charge in [-0.1, -0.05) is 72.5 Å². The summed E-state index contributed by atoms with van der Waals surface area (Å²) in [5.41, 5.74) is 1.37. The van der Waals surface area contributed by atoms with Gasteiger partial charge in [0.15, 0.2) is 0 Å². The average Bonchev–Trinajstić information content (AvgIpc) is 2.16. The van der Waals surface area contributed by atoms with Gasteiger partial charge in [-0.2, -0.15) is 0 Å². The van der Waals surface area contributed by atoms with Gasteiger partial charge in [0.2, 0.25) is 0 Å². The molecule has 0 saturated carbocycles. The molecular weight excluding hydrogens is 278 g/mol. The minimum absolute atomic E-state index is 0.935. The molecule has 88 valence electrons. The van der Waals surface area contributed by atoms with Crippen molar-refractivity contribution in [3.63, 3.8) is 0 Å². The first-order valence-electron chi connectivity index (χ1n) is 5.52. The minimum atomic E-state index is -1.29. The van der Waals surface area contributed by atoms with Crippen LogP contribution in [-0.4, -0.2) is 19.3 Å². The van der Waals surface area contributed by atoms with Gasteiger partial charge in [-0.3, -0.25) is 0 Å². The molecule has 1 aromatic carbocycles. The first kappa shape index (κ1) is 13.7. The Morgan fingerprint density at radius 2 is 1.81 bits per heavy atom. The molecule has 1 rings (SSSR count). The zero-order valence-electron chi connectivity index (χ0n) is 10.3. The van der Waals surface area contributed by atoms with Crippen molar-refractivity contribution in [1.82, 2.24) is 4.57 Å². The summed E-state index contributed by atoms with van der Waals surface area (Å²) in [4.78, 5) is 0. The predicted molar refractivity (Wildman–Crippen MR) is 78.3 cm³/mol.